The van der Waals surface area contributed by atoms with Crippen molar-refractivity contribution in [3.05, 3.63) is 23.8 Å². The summed E-state index contributed by atoms with van der Waals surface area (Å²) in [7, 11) is 3.27. The zero-order valence-corrected chi connectivity index (χ0v) is 15.3. The third kappa shape index (κ3) is 4.63. The molecule has 2 rings (SSSR count). The highest BCUT2D eigenvalue weighted by atomic mass is 16.5. The Morgan fingerprint density at radius 3 is 2.46 bits per heavy atom. The van der Waals surface area contributed by atoms with Gasteiger partial charge in [-0.1, -0.05) is 6.07 Å². The van der Waals surface area contributed by atoms with E-state index >= 15 is 0 Å². The van der Waals surface area contributed by atoms with Gasteiger partial charge in [-0.15, -0.1) is 0 Å². The number of likely N-dealkylation sites (tertiary alicyclic amines) is 1. The first kappa shape index (κ1) is 18.6. The lowest BCUT2D eigenvalue weighted by Gasteiger charge is -2.39. The van der Waals surface area contributed by atoms with Gasteiger partial charge in [0.25, 0.3) is 0 Å². The van der Waals surface area contributed by atoms with Crippen LogP contribution < -0.4 is 14.8 Å². The summed E-state index contributed by atoms with van der Waals surface area (Å²) in [6.07, 6.45) is 4.29. The molecule has 5 nitrogen and oxygen atoms in total. The molecule has 1 saturated heterocycles. The Morgan fingerprint density at radius 2 is 1.83 bits per heavy atom. The standard InChI is InChI=1S/C19H30N2O3/c1-14-6-5-7-15(2)21(14)19(22)13-20-11-10-16-8-9-17(23-3)18(12-16)24-4/h8-9,12,14-15,20H,5-7,10-11,13H2,1-4H3/t14-,15-/m0/s1. The first-order chi connectivity index (χ1) is 11.6. The van der Waals surface area contributed by atoms with Crippen LogP contribution in [0.2, 0.25) is 0 Å². The molecule has 5 heteroatoms. The maximum Gasteiger partial charge on any atom is 0.237 e. The Morgan fingerprint density at radius 1 is 1.17 bits per heavy atom. The van der Waals surface area contributed by atoms with Gasteiger partial charge in [-0.25, -0.2) is 0 Å². The van der Waals surface area contributed by atoms with E-state index < -0.39 is 0 Å². The number of ether oxygens (including phenoxy) is 2. The average Bonchev–Trinajstić information content (AvgIpc) is 2.58. The summed E-state index contributed by atoms with van der Waals surface area (Å²) in [5.41, 5.74) is 1.16. The molecule has 1 aliphatic rings. The summed E-state index contributed by atoms with van der Waals surface area (Å²) in [6.45, 7) is 5.47. The highest BCUT2D eigenvalue weighted by Crippen LogP contribution is 2.27. The molecule has 24 heavy (non-hydrogen) atoms. The van der Waals surface area contributed by atoms with Crippen LogP contribution in [0.25, 0.3) is 0 Å². The third-order valence-corrected chi connectivity index (χ3v) is 4.80. The molecule has 0 unspecified atom stereocenters. The van der Waals surface area contributed by atoms with Crippen molar-refractivity contribution in [2.24, 2.45) is 0 Å². The predicted molar refractivity (Wildman–Crippen MR) is 95.7 cm³/mol. The fourth-order valence-corrected chi connectivity index (χ4v) is 3.47. The lowest BCUT2D eigenvalue weighted by atomic mass is 9.97. The molecule has 1 aliphatic heterocycles. The van der Waals surface area contributed by atoms with Crippen molar-refractivity contribution in [2.45, 2.75) is 51.6 Å². The smallest absolute Gasteiger partial charge is 0.237 e. The lowest BCUT2D eigenvalue weighted by molar-refractivity contribution is -0.136. The second kappa shape index (κ2) is 8.92. The van der Waals surface area contributed by atoms with E-state index in [4.69, 9.17) is 9.47 Å². The number of carbonyl (C=O) groups excluding carboxylic acids is 1. The van der Waals surface area contributed by atoms with Crippen LogP contribution in [-0.4, -0.2) is 50.2 Å². The van der Waals surface area contributed by atoms with Gasteiger partial charge in [-0.2, -0.15) is 0 Å². The second-order valence-electron chi connectivity index (χ2n) is 6.55. The SMILES string of the molecule is COc1ccc(CCNCC(=O)N2[C@@H](C)CCC[C@@H]2C)cc1OC. The van der Waals surface area contributed by atoms with Gasteiger partial charge in [0.05, 0.1) is 20.8 Å². The van der Waals surface area contributed by atoms with Crippen LogP contribution in [-0.2, 0) is 11.2 Å². The van der Waals surface area contributed by atoms with E-state index in [1.807, 2.05) is 23.1 Å². The number of nitrogens with zero attached hydrogens (tertiary/aromatic N) is 1. The molecule has 1 aromatic carbocycles. The number of benzene rings is 1. The molecule has 1 N–H and O–H groups in total. The van der Waals surface area contributed by atoms with E-state index in [1.165, 1.54) is 6.42 Å². The largest absolute Gasteiger partial charge is 0.493 e. The van der Waals surface area contributed by atoms with E-state index in [9.17, 15) is 4.79 Å². The van der Waals surface area contributed by atoms with Gasteiger partial charge in [-0.3, -0.25) is 4.79 Å². The number of hydrogen-bond donors (Lipinski definition) is 1. The first-order valence-electron chi connectivity index (χ1n) is 8.79. The highest BCUT2D eigenvalue weighted by Gasteiger charge is 2.28. The summed E-state index contributed by atoms with van der Waals surface area (Å²) < 4.78 is 10.6. The molecule has 1 fully saturated rings. The number of hydrogen-bond acceptors (Lipinski definition) is 4. The highest BCUT2D eigenvalue weighted by molar-refractivity contribution is 5.79. The van der Waals surface area contributed by atoms with Gasteiger partial charge in [-0.05, 0) is 63.8 Å². The minimum absolute atomic E-state index is 0.210. The molecule has 1 aromatic rings. The molecule has 0 aliphatic carbocycles. The number of rotatable bonds is 7. The number of methoxy groups -OCH3 is 2. The number of nitrogens with one attached hydrogen (secondary N) is 1. The Bertz CT molecular complexity index is 537. The molecular formula is C19H30N2O3. The van der Waals surface area contributed by atoms with Gasteiger partial charge in [0.15, 0.2) is 11.5 Å². The Kier molecular flexibility index (Phi) is 6.91. The van der Waals surface area contributed by atoms with Gasteiger partial charge in [0.1, 0.15) is 0 Å². The lowest BCUT2D eigenvalue weighted by Crippen LogP contribution is -2.50. The van der Waals surface area contributed by atoms with Crippen molar-refractivity contribution < 1.29 is 14.3 Å². The van der Waals surface area contributed by atoms with Crippen LogP contribution in [0.4, 0.5) is 0 Å². The van der Waals surface area contributed by atoms with Crippen molar-refractivity contribution in [2.75, 3.05) is 27.3 Å². The molecule has 0 saturated carbocycles. The summed E-state index contributed by atoms with van der Waals surface area (Å²) in [5, 5.41) is 3.27. The van der Waals surface area contributed by atoms with Crippen LogP contribution >= 0.6 is 0 Å². The van der Waals surface area contributed by atoms with Crippen LogP contribution in [0.5, 0.6) is 11.5 Å². The van der Waals surface area contributed by atoms with Crippen molar-refractivity contribution in [1.29, 1.82) is 0 Å². The molecule has 1 heterocycles. The van der Waals surface area contributed by atoms with Gasteiger partial charge in [0, 0.05) is 12.1 Å². The zero-order valence-electron chi connectivity index (χ0n) is 15.3. The fraction of sp³-hybridized carbons (Fsp3) is 0.632. The summed E-state index contributed by atoms with van der Waals surface area (Å²) >= 11 is 0. The van der Waals surface area contributed by atoms with Gasteiger partial charge >= 0.3 is 0 Å². The fourth-order valence-electron chi connectivity index (χ4n) is 3.47. The predicted octanol–water partition coefficient (Wildman–Crippen LogP) is 2.63. The van der Waals surface area contributed by atoms with Crippen molar-refractivity contribution in [1.82, 2.24) is 10.2 Å². The maximum atomic E-state index is 12.4. The van der Waals surface area contributed by atoms with E-state index in [-0.39, 0.29) is 5.91 Å². The van der Waals surface area contributed by atoms with Crippen LogP contribution in [0, 0.1) is 0 Å². The monoisotopic (exact) mass is 334 g/mol. The van der Waals surface area contributed by atoms with Gasteiger partial charge < -0.3 is 19.7 Å². The van der Waals surface area contributed by atoms with Crippen LogP contribution in [0.15, 0.2) is 18.2 Å². The summed E-state index contributed by atoms with van der Waals surface area (Å²) in [4.78, 5) is 14.5. The van der Waals surface area contributed by atoms with Crippen LogP contribution in [0.3, 0.4) is 0 Å². The molecule has 0 radical (unpaired) electrons. The number of piperidine rings is 1. The average molecular weight is 334 g/mol. The molecule has 1 amide bonds. The quantitative estimate of drug-likeness (QED) is 0.779. The number of amides is 1. The Labute approximate surface area is 145 Å². The molecule has 134 valence electrons. The molecular weight excluding hydrogens is 304 g/mol. The van der Waals surface area contributed by atoms with E-state index in [0.29, 0.717) is 18.6 Å². The van der Waals surface area contributed by atoms with Crippen molar-refractivity contribution >= 4 is 5.91 Å². The minimum atomic E-state index is 0.210. The number of carbonyl (C=O) groups is 1. The van der Waals surface area contributed by atoms with E-state index in [0.717, 1.165) is 42.9 Å². The summed E-state index contributed by atoms with van der Waals surface area (Å²) in [6, 6.07) is 6.63. The first-order valence-corrected chi connectivity index (χ1v) is 8.79. The van der Waals surface area contributed by atoms with E-state index in [2.05, 4.69) is 19.2 Å². The molecule has 0 aromatic heterocycles. The molecule has 0 spiro atoms. The van der Waals surface area contributed by atoms with Crippen molar-refractivity contribution in [3.63, 3.8) is 0 Å². The zero-order chi connectivity index (χ0) is 17.5. The maximum absolute atomic E-state index is 12.4. The normalized spacial score (nSPS) is 20.8. The molecule has 0 bridgehead atoms. The van der Waals surface area contributed by atoms with E-state index in [1.54, 1.807) is 14.2 Å². The topological polar surface area (TPSA) is 50.8 Å². The molecule has 2 atom stereocenters. The third-order valence-electron chi connectivity index (χ3n) is 4.80. The second-order valence-corrected chi connectivity index (χ2v) is 6.55. The Hall–Kier alpha value is -1.75. The van der Waals surface area contributed by atoms with Gasteiger partial charge in [0.2, 0.25) is 5.91 Å². The van der Waals surface area contributed by atoms with Crippen molar-refractivity contribution in [3.8, 4) is 11.5 Å². The van der Waals surface area contributed by atoms with Crippen LogP contribution in [0.1, 0.15) is 38.7 Å². The summed E-state index contributed by atoms with van der Waals surface area (Å²) in [5.74, 6) is 1.68. The minimum Gasteiger partial charge on any atom is -0.493 e. The Balaban J connectivity index is 1.79.